The molecule has 0 heterocycles. The third-order valence-corrected chi connectivity index (χ3v) is 5.48. The highest BCUT2D eigenvalue weighted by Gasteiger charge is 2.51. The van der Waals surface area contributed by atoms with Crippen LogP contribution >= 0.6 is 0 Å². The number of benzene rings is 2. The molecule has 0 aliphatic heterocycles. The number of nitriles is 3. The molecule has 148 valence electrons. The van der Waals surface area contributed by atoms with Crippen molar-refractivity contribution in [3.63, 3.8) is 0 Å². The van der Waals surface area contributed by atoms with Gasteiger partial charge in [0.05, 0.1) is 37.6 Å². The summed E-state index contributed by atoms with van der Waals surface area (Å²) in [4.78, 5) is 0. The molecule has 6 nitrogen and oxygen atoms in total. The Kier molecular flexibility index (Phi) is 5.50. The Morgan fingerprint density at radius 2 is 1.63 bits per heavy atom. The second-order valence-corrected chi connectivity index (χ2v) is 6.90. The van der Waals surface area contributed by atoms with E-state index in [1.165, 1.54) is 14.2 Å². The minimum atomic E-state index is -1.77. The Morgan fingerprint density at radius 3 is 2.17 bits per heavy atom. The normalized spacial score (nSPS) is 17.5. The van der Waals surface area contributed by atoms with Gasteiger partial charge in [0, 0.05) is 17.1 Å². The number of rotatable bonds is 4. The van der Waals surface area contributed by atoms with Crippen LogP contribution in [0.15, 0.2) is 65.4 Å². The van der Waals surface area contributed by atoms with Gasteiger partial charge in [-0.05, 0) is 30.7 Å². The van der Waals surface area contributed by atoms with Crippen molar-refractivity contribution in [2.75, 3.05) is 14.2 Å². The molecule has 0 saturated heterocycles. The van der Waals surface area contributed by atoms with Crippen LogP contribution in [0, 0.1) is 39.4 Å². The first-order valence-electron chi connectivity index (χ1n) is 9.20. The van der Waals surface area contributed by atoms with Crippen molar-refractivity contribution in [2.45, 2.75) is 12.8 Å². The Bertz CT molecular complexity index is 1160. The third-order valence-electron chi connectivity index (χ3n) is 5.48. The molecule has 6 heteroatoms. The van der Waals surface area contributed by atoms with Gasteiger partial charge < -0.3 is 15.2 Å². The van der Waals surface area contributed by atoms with Gasteiger partial charge in [-0.1, -0.05) is 35.9 Å². The summed E-state index contributed by atoms with van der Waals surface area (Å²) in [7, 11) is 3.06. The molecule has 1 atom stereocenters. The fourth-order valence-corrected chi connectivity index (χ4v) is 4.05. The smallest absolute Gasteiger partial charge is 0.194 e. The fourth-order valence-electron chi connectivity index (χ4n) is 4.05. The van der Waals surface area contributed by atoms with E-state index in [0.29, 0.717) is 28.2 Å². The van der Waals surface area contributed by atoms with E-state index in [1.54, 1.807) is 18.2 Å². The zero-order valence-electron chi connectivity index (χ0n) is 16.9. The van der Waals surface area contributed by atoms with E-state index in [4.69, 9.17) is 15.2 Å². The molecule has 0 radical (unpaired) electrons. The van der Waals surface area contributed by atoms with Crippen LogP contribution in [0.1, 0.15) is 24.0 Å². The highest BCUT2D eigenvalue weighted by molar-refractivity contribution is 5.89. The lowest BCUT2D eigenvalue weighted by Crippen LogP contribution is -2.37. The Hall–Kier alpha value is -4.21. The maximum Gasteiger partial charge on any atom is 0.194 e. The molecule has 2 aromatic carbocycles. The molecular formula is C24H20N4O2. The number of nitrogens with zero attached hydrogens (tertiary/aromatic N) is 3. The van der Waals surface area contributed by atoms with Crippen molar-refractivity contribution < 1.29 is 9.47 Å². The Morgan fingerprint density at radius 1 is 0.967 bits per heavy atom. The lowest BCUT2D eigenvalue weighted by molar-refractivity contribution is 0.388. The summed E-state index contributed by atoms with van der Waals surface area (Å²) < 4.78 is 10.9. The predicted molar refractivity (Wildman–Crippen MR) is 112 cm³/mol. The second-order valence-electron chi connectivity index (χ2n) is 6.90. The zero-order valence-corrected chi connectivity index (χ0v) is 16.9. The van der Waals surface area contributed by atoms with Crippen molar-refractivity contribution >= 4 is 5.57 Å². The molecule has 1 aliphatic rings. The first-order chi connectivity index (χ1) is 14.5. The maximum atomic E-state index is 10.1. The number of methoxy groups -OCH3 is 2. The number of hydrogen-bond acceptors (Lipinski definition) is 6. The molecule has 1 aliphatic carbocycles. The van der Waals surface area contributed by atoms with Crippen molar-refractivity contribution in [1.82, 2.24) is 0 Å². The van der Waals surface area contributed by atoms with E-state index in [9.17, 15) is 15.8 Å². The average molecular weight is 396 g/mol. The van der Waals surface area contributed by atoms with Crippen molar-refractivity contribution in [3.05, 3.63) is 76.5 Å². The molecule has 3 rings (SSSR count). The van der Waals surface area contributed by atoms with E-state index >= 15 is 0 Å². The monoisotopic (exact) mass is 396 g/mol. The van der Waals surface area contributed by atoms with E-state index in [2.05, 4.69) is 18.2 Å². The van der Waals surface area contributed by atoms with Gasteiger partial charge in [-0.15, -0.1) is 0 Å². The van der Waals surface area contributed by atoms with Gasteiger partial charge >= 0.3 is 0 Å². The van der Waals surface area contributed by atoms with Crippen LogP contribution < -0.4 is 15.2 Å². The summed E-state index contributed by atoms with van der Waals surface area (Å²) in [6.07, 6.45) is 0. The molecule has 0 bridgehead atoms. The number of nitrogens with two attached hydrogens (primary N) is 1. The highest BCUT2D eigenvalue weighted by atomic mass is 16.5. The molecule has 0 unspecified atom stereocenters. The van der Waals surface area contributed by atoms with E-state index < -0.39 is 11.3 Å². The summed E-state index contributed by atoms with van der Waals surface area (Å²) in [6.45, 7) is 1.82. The summed E-state index contributed by atoms with van der Waals surface area (Å²) in [6, 6.07) is 20.8. The van der Waals surface area contributed by atoms with Crippen LogP contribution in [0.3, 0.4) is 0 Å². The fraction of sp³-hybridized carbons (Fsp3) is 0.208. The standard InChI is InChI=1S/C24H20N4O2/c1-15-21(16-7-5-4-6-8-16)19(12-25)23(28)24(13-26,14-27)22(15)18-11-17(29-2)9-10-20(18)30-3/h4-11,22H,28H2,1-3H3/t22-/m1/s1. The van der Waals surface area contributed by atoms with Crippen LogP contribution in [0.4, 0.5) is 0 Å². The van der Waals surface area contributed by atoms with Crippen LogP contribution in [0.2, 0.25) is 0 Å². The molecule has 2 N–H and O–H groups in total. The van der Waals surface area contributed by atoms with Crippen LogP contribution in [-0.4, -0.2) is 14.2 Å². The summed E-state index contributed by atoms with van der Waals surface area (Å²) in [5, 5.41) is 30.2. The summed E-state index contributed by atoms with van der Waals surface area (Å²) in [5.74, 6) is 0.291. The van der Waals surface area contributed by atoms with Crippen LogP contribution in [-0.2, 0) is 0 Å². The molecular weight excluding hydrogens is 376 g/mol. The first-order valence-corrected chi connectivity index (χ1v) is 9.20. The molecule has 0 aromatic heterocycles. The SMILES string of the molecule is COc1ccc(OC)c([C@H]2C(C)=C(c3ccccc3)C(C#N)=C(N)C2(C#N)C#N)c1. The van der Waals surface area contributed by atoms with Gasteiger partial charge in [0.25, 0.3) is 0 Å². The molecule has 30 heavy (non-hydrogen) atoms. The first kappa shape index (κ1) is 20.5. The second kappa shape index (κ2) is 8.03. The van der Waals surface area contributed by atoms with Gasteiger partial charge in [-0.2, -0.15) is 15.8 Å². The third kappa shape index (κ3) is 2.94. The average Bonchev–Trinajstić information content (AvgIpc) is 2.80. The largest absolute Gasteiger partial charge is 0.497 e. The van der Waals surface area contributed by atoms with E-state index in [1.807, 2.05) is 37.3 Å². The highest BCUT2D eigenvalue weighted by Crippen LogP contribution is 2.54. The van der Waals surface area contributed by atoms with Crippen molar-refractivity contribution in [2.24, 2.45) is 11.1 Å². The number of allylic oxidation sites excluding steroid dienone is 4. The Balaban J connectivity index is 2.45. The quantitative estimate of drug-likeness (QED) is 0.833. The minimum Gasteiger partial charge on any atom is -0.497 e. The summed E-state index contributed by atoms with van der Waals surface area (Å²) >= 11 is 0. The van der Waals surface area contributed by atoms with E-state index in [-0.39, 0.29) is 11.3 Å². The van der Waals surface area contributed by atoms with Crippen LogP contribution in [0.25, 0.3) is 5.57 Å². The predicted octanol–water partition coefficient (Wildman–Crippen LogP) is 4.04. The minimum absolute atomic E-state index is 0.0608. The molecule has 0 saturated carbocycles. The summed E-state index contributed by atoms with van der Waals surface area (Å²) in [5.41, 5.74) is 7.35. The van der Waals surface area contributed by atoms with Crippen LogP contribution in [0.5, 0.6) is 11.5 Å². The van der Waals surface area contributed by atoms with Gasteiger partial charge in [-0.3, -0.25) is 0 Å². The van der Waals surface area contributed by atoms with E-state index in [0.717, 1.165) is 5.56 Å². The van der Waals surface area contributed by atoms with Crippen molar-refractivity contribution in [1.29, 1.82) is 15.8 Å². The van der Waals surface area contributed by atoms with Crippen molar-refractivity contribution in [3.8, 4) is 29.7 Å². The molecule has 0 amide bonds. The lowest BCUT2D eigenvalue weighted by atomic mass is 9.62. The van der Waals surface area contributed by atoms with Gasteiger partial charge in [0.15, 0.2) is 5.41 Å². The number of ether oxygens (including phenoxy) is 2. The molecule has 0 spiro atoms. The molecule has 2 aromatic rings. The topological polar surface area (TPSA) is 116 Å². The Labute approximate surface area is 175 Å². The van der Waals surface area contributed by atoms with Gasteiger partial charge in [-0.25, -0.2) is 0 Å². The zero-order chi connectivity index (χ0) is 21.9. The van der Waals surface area contributed by atoms with Gasteiger partial charge in [0.2, 0.25) is 0 Å². The molecule has 0 fully saturated rings. The number of hydrogen-bond donors (Lipinski definition) is 1. The van der Waals surface area contributed by atoms with Gasteiger partial charge in [0.1, 0.15) is 17.6 Å². The maximum absolute atomic E-state index is 10.1. The lowest BCUT2D eigenvalue weighted by Gasteiger charge is -2.37.